The number of hydrogen-bond acceptors (Lipinski definition) is 5. The van der Waals surface area contributed by atoms with Gasteiger partial charge in [0.2, 0.25) is 0 Å². The zero-order chi connectivity index (χ0) is 21.9. The van der Waals surface area contributed by atoms with Gasteiger partial charge in [0.05, 0.1) is 25.5 Å². The molecule has 4 heterocycles. The van der Waals surface area contributed by atoms with E-state index in [-0.39, 0.29) is 11.3 Å². The van der Waals surface area contributed by atoms with Crippen molar-refractivity contribution in [2.45, 2.75) is 37.1 Å². The van der Waals surface area contributed by atoms with Crippen molar-refractivity contribution >= 4 is 17.7 Å². The van der Waals surface area contributed by atoms with Crippen molar-refractivity contribution in [1.29, 1.82) is 0 Å². The van der Waals surface area contributed by atoms with Crippen LogP contribution in [0, 0.1) is 0 Å². The lowest BCUT2D eigenvalue weighted by atomic mass is 9.75. The first-order chi connectivity index (χ1) is 15.6. The first-order valence-corrected chi connectivity index (χ1v) is 11.1. The molecule has 7 nitrogen and oxygen atoms in total. The van der Waals surface area contributed by atoms with E-state index in [0.717, 1.165) is 53.3 Å². The summed E-state index contributed by atoms with van der Waals surface area (Å²) in [4.78, 5) is 20.1. The Kier molecular flexibility index (Phi) is 4.30. The number of nitrogens with zero attached hydrogens (tertiary/aromatic N) is 5. The number of aromatic nitrogens is 4. The Labute approximate surface area is 186 Å². The van der Waals surface area contributed by atoms with Gasteiger partial charge in [-0.3, -0.25) is 9.78 Å². The highest BCUT2D eigenvalue weighted by Gasteiger charge is 2.42. The van der Waals surface area contributed by atoms with Crippen molar-refractivity contribution < 1.29 is 9.53 Å². The third-order valence-corrected chi connectivity index (χ3v) is 6.97. The second-order valence-corrected chi connectivity index (χ2v) is 9.19. The van der Waals surface area contributed by atoms with Gasteiger partial charge in [0.25, 0.3) is 5.91 Å². The van der Waals surface area contributed by atoms with E-state index in [0.29, 0.717) is 25.7 Å². The second kappa shape index (κ2) is 7.10. The van der Waals surface area contributed by atoms with Crippen LogP contribution in [0.1, 0.15) is 57.5 Å². The summed E-state index contributed by atoms with van der Waals surface area (Å²) in [5, 5.41) is 8.29. The van der Waals surface area contributed by atoms with Crippen LogP contribution in [0.15, 0.2) is 43.2 Å². The van der Waals surface area contributed by atoms with Crippen LogP contribution >= 0.6 is 0 Å². The number of rotatable bonds is 6. The van der Waals surface area contributed by atoms with Gasteiger partial charge in [-0.1, -0.05) is 18.7 Å². The Bertz CT molecular complexity index is 1240. The predicted octanol–water partition coefficient (Wildman–Crippen LogP) is 3.40. The van der Waals surface area contributed by atoms with Gasteiger partial charge in [0, 0.05) is 47.3 Å². The van der Waals surface area contributed by atoms with Gasteiger partial charge >= 0.3 is 0 Å². The monoisotopic (exact) mass is 427 g/mol. The van der Waals surface area contributed by atoms with Gasteiger partial charge < -0.3 is 14.2 Å². The third kappa shape index (κ3) is 2.99. The molecule has 0 unspecified atom stereocenters. The van der Waals surface area contributed by atoms with Crippen molar-refractivity contribution in [3.8, 4) is 0 Å². The van der Waals surface area contributed by atoms with Crippen LogP contribution in [0.5, 0.6) is 0 Å². The number of hydrogen-bond donors (Lipinski definition) is 0. The zero-order valence-electron chi connectivity index (χ0n) is 18.1. The molecule has 2 fully saturated rings. The second-order valence-electron chi connectivity index (χ2n) is 9.19. The minimum Gasteiger partial charge on any atom is -0.379 e. The molecule has 0 bridgehead atoms. The molecule has 6 rings (SSSR count). The molecule has 32 heavy (non-hydrogen) atoms. The lowest BCUT2D eigenvalue weighted by Gasteiger charge is -2.42. The van der Waals surface area contributed by atoms with E-state index in [1.54, 1.807) is 12.4 Å². The Morgan fingerprint density at radius 1 is 1.28 bits per heavy atom. The summed E-state index contributed by atoms with van der Waals surface area (Å²) >= 11 is 0. The number of amides is 1. The van der Waals surface area contributed by atoms with Crippen LogP contribution < -0.4 is 4.90 Å². The van der Waals surface area contributed by atoms with E-state index in [4.69, 9.17) is 9.72 Å². The summed E-state index contributed by atoms with van der Waals surface area (Å²) in [6.07, 6.45) is 6.50. The maximum Gasteiger partial charge on any atom is 0.259 e. The van der Waals surface area contributed by atoms with Crippen molar-refractivity contribution in [3.63, 3.8) is 0 Å². The molecular formula is C25H25N5O2. The Hall–Kier alpha value is -3.32. The highest BCUT2D eigenvalue weighted by molar-refractivity contribution is 6.10. The molecule has 0 atom stereocenters. The van der Waals surface area contributed by atoms with Crippen molar-refractivity contribution in [1.82, 2.24) is 19.7 Å². The maximum atomic E-state index is 13.4. The molecule has 2 aromatic heterocycles. The molecule has 7 heteroatoms. The number of carbonyl (C=O) groups is 1. The van der Waals surface area contributed by atoms with Crippen LogP contribution in [-0.2, 0) is 30.2 Å². The van der Waals surface area contributed by atoms with E-state index in [2.05, 4.69) is 28.9 Å². The SMILES string of the molecule is C=Cc1cc2c(c(C3CC3)n1)CN(c1cccc(C3(Cc4nncn4C)COC3)c1)C2=O. The molecule has 3 aliphatic rings. The average Bonchev–Trinajstić information content (AvgIpc) is 3.47. The number of anilines is 1. The molecule has 2 aliphatic heterocycles. The highest BCUT2D eigenvalue weighted by atomic mass is 16.5. The van der Waals surface area contributed by atoms with Crippen LogP contribution in [0.2, 0.25) is 0 Å². The number of aryl methyl sites for hydroxylation is 1. The summed E-state index contributed by atoms with van der Waals surface area (Å²) in [7, 11) is 1.96. The largest absolute Gasteiger partial charge is 0.379 e. The fourth-order valence-electron chi connectivity index (χ4n) is 4.84. The first kappa shape index (κ1) is 19.4. The summed E-state index contributed by atoms with van der Waals surface area (Å²) < 4.78 is 7.59. The Morgan fingerprint density at radius 3 is 2.78 bits per heavy atom. The number of fused-ring (bicyclic) bond motifs is 1. The quantitative estimate of drug-likeness (QED) is 0.603. The van der Waals surface area contributed by atoms with Gasteiger partial charge in [-0.25, -0.2) is 0 Å². The molecule has 1 aliphatic carbocycles. The van der Waals surface area contributed by atoms with E-state index in [1.807, 2.05) is 34.7 Å². The number of carbonyl (C=O) groups excluding carboxylic acids is 1. The van der Waals surface area contributed by atoms with Crippen LogP contribution in [0.3, 0.4) is 0 Å². The smallest absolute Gasteiger partial charge is 0.259 e. The summed E-state index contributed by atoms with van der Waals surface area (Å²) in [5.74, 6) is 1.45. The minimum absolute atomic E-state index is 0.0387. The molecule has 0 N–H and O–H groups in total. The topological polar surface area (TPSA) is 73.1 Å². The normalized spacial score (nSPS) is 19.0. The Morgan fingerprint density at radius 2 is 2.12 bits per heavy atom. The standard InChI is InChI=1S/C25H25N5O2/c1-3-18-10-20-21(23(27-18)16-7-8-16)12-30(24(20)31)19-6-4-5-17(9-19)25(13-32-14-25)11-22-28-26-15-29(22)2/h3-6,9-10,15-16H,1,7-8,11-14H2,2H3. The van der Waals surface area contributed by atoms with E-state index < -0.39 is 0 Å². The van der Waals surface area contributed by atoms with Crippen LogP contribution in [0.25, 0.3) is 6.08 Å². The maximum absolute atomic E-state index is 13.4. The van der Waals surface area contributed by atoms with Crippen molar-refractivity contribution in [2.75, 3.05) is 18.1 Å². The van der Waals surface area contributed by atoms with Crippen molar-refractivity contribution in [2.24, 2.45) is 7.05 Å². The van der Waals surface area contributed by atoms with E-state index in [9.17, 15) is 4.79 Å². The van der Waals surface area contributed by atoms with Crippen LogP contribution in [0.4, 0.5) is 5.69 Å². The fourth-order valence-corrected chi connectivity index (χ4v) is 4.84. The summed E-state index contributed by atoms with van der Waals surface area (Å²) in [5.41, 5.74) is 5.63. The van der Waals surface area contributed by atoms with Gasteiger partial charge in [0.1, 0.15) is 12.2 Å². The van der Waals surface area contributed by atoms with Gasteiger partial charge in [-0.15, -0.1) is 10.2 Å². The van der Waals surface area contributed by atoms with E-state index >= 15 is 0 Å². The first-order valence-electron chi connectivity index (χ1n) is 11.1. The lowest BCUT2D eigenvalue weighted by Crippen LogP contribution is -2.49. The predicted molar refractivity (Wildman–Crippen MR) is 120 cm³/mol. The highest BCUT2D eigenvalue weighted by Crippen LogP contribution is 2.44. The van der Waals surface area contributed by atoms with Crippen LogP contribution in [-0.4, -0.2) is 38.9 Å². The molecule has 0 radical (unpaired) electrons. The van der Waals surface area contributed by atoms with E-state index in [1.165, 1.54) is 5.56 Å². The summed E-state index contributed by atoms with van der Waals surface area (Å²) in [6, 6.07) is 10.2. The zero-order valence-corrected chi connectivity index (χ0v) is 18.1. The Balaban J connectivity index is 1.34. The molecule has 1 aromatic carbocycles. The van der Waals surface area contributed by atoms with Gasteiger partial charge in [-0.05, 0) is 42.7 Å². The van der Waals surface area contributed by atoms with Crippen molar-refractivity contribution in [3.05, 3.63) is 77.1 Å². The lowest BCUT2D eigenvalue weighted by molar-refractivity contribution is -0.0611. The number of benzene rings is 1. The molecule has 3 aromatic rings. The van der Waals surface area contributed by atoms with Gasteiger partial charge in [-0.2, -0.15) is 0 Å². The molecule has 1 saturated carbocycles. The average molecular weight is 428 g/mol. The minimum atomic E-state index is -0.150. The molecule has 1 amide bonds. The number of pyridine rings is 1. The number of ether oxygens (including phenoxy) is 1. The molecule has 162 valence electrons. The summed E-state index contributed by atoms with van der Waals surface area (Å²) in [6.45, 7) is 5.70. The van der Waals surface area contributed by atoms with Gasteiger partial charge in [0.15, 0.2) is 0 Å². The molecular weight excluding hydrogens is 402 g/mol. The molecule has 0 spiro atoms. The molecule has 1 saturated heterocycles. The fraction of sp³-hybridized carbons (Fsp3) is 0.360. The third-order valence-electron chi connectivity index (χ3n) is 6.97.